The number of pyridine rings is 1. The van der Waals surface area contributed by atoms with Crippen LogP contribution in [0.25, 0.3) is 10.9 Å². The highest BCUT2D eigenvalue weighted by Gasteiger charge is 2.13. The molecule has 0 saturated carbocycles. The molecule has 2 heterocycles. The van der Waals surface area contributed by atoms with Crippen molar-refractivity contribution in [3.8, 4) is 11.6 Å². The fourth-order valence-corrected chi connectivity index (χ4v) is 2.20. The van der Waals surface area contributed by atoms with Gasteiger partial charge in [-0.25, -0.2) is 4.98 Å². The Hall–Kier alpha value is -2.01. The van der Waals surface area contributed by atoms with Gasteiger partial charge in [0.25, 0.3) is 0 Å². The Labute approximate surface area is 104 Å². The molecule has 1 aromatic carbocycles. The SMILES string of the molecule is Oc1cc(O)c2ccc(N3CCOCC3)cc2n1. The van der Waals surface area contributed by atoms with Gasteiger partial charge in [-0.3, -0.25) is 0 Å². The number of hydrogen-bond acceptors (Lipinski definition) is 5. The van der Waals surface area contributed by atoms with Crippen molar-refractivity contribution in [3.05, 3.63) is 24.3 Å². The van der Waals surface area contributed by atoms with Gasteiger partial charge in [-0.15, -0.1) is 0 Å². The molecule has 1 fully saturated rings. The first-order valence-corrected chi connectivity index (χ1v) is 5.89. The molecule has 0 spiro atoms. The monoisotopic (exact) mass is 246 g/mol. The molecular weight excluding hydrogens is 232 g/mol. The van der Waals surface area contributed by atoms with Crippen LogP contribution in [-0.4, -0.2) is 41.5 Å². The van der Waals surface area contributed by atoms with Gasteiger partial charge in [-0.05, 0) is 18.2 Å². The normalized spacial score (nSPS) is 16.1. The summed E-state index contributed by atoms with van der Waals surface area (Å²) in [6, 6.07) is 6.89. The van der Waals surface area contributed by atoms with E-state index in [0.717, 1.165) is 32.0 Å². The van der Waals surface area contributed by atoms with Crippen molar-refractivity contribution in [1.29, 1.82) is 0 Å². The van der Waals surface area contributed by atoms with Gasteiger partial charge in [0.1, 0.15) is 5.75 Å². The molecule has 5 nitrogen and oxygen atoms in total. The Kier molecular flexibility index (Phi) is 2.68. The zero-order chi connectivity index (χ0) is 12.5. The van der Waals surface area contributed by atoms with Gasteiger partial charge < -0.3 is 19.8 Å². The van der Waals surface area contributed by atoms with Crippen LogP contribution in [-0.2, 0) is 4.74 Å². The molecule has 0 unspecified atom stereocenters. The molecule has 0 atom stereocenters. The van der Waals surface area contributed by atoms with Crippen LogP contribution >= 0.6 is 0 Å². The average Bonchev–Trinajstić information content (AvgIpc) is 2.39. The van der Waals surface area contributed by atoms with Gasteiger partial charge in [-0.1, -0.05) is 0 Å². The van der Waals surface area contributed by atoms with E-state index >= 15 is 0 Å². The number of morpholine rings is 1. The van der Waals surface area contributed by atoms with Crippen molar-refractivity contribution >= 4 is 16.6 Å². The summed E-state index contributed by atoms with van der Waals surface area (Å²) in [6.45, 7) is 3.13. The minimum absolute atomic E-state index is 0.0472. The Morgan fingerprint density at radius 2 is 1.89 bits per heavy atom. The molecule has 0 amide bonds. The minimum Gasteiger partial charge on any atom is -0.507 e. The van der Waals surface area contributed by atoms with Crippen molar-refractivity contribution in [2.75, 3.05) is 31.2 Å². The Bertz CT molecular complexity index is 580. The number of ether oxygens (including phenoxy) is 1. The summed E-state index contributed by atoms with van der Waals surface area (Å²) in [5.74, 6) is -0.120. The predicted molar refractivity (Wildman–Crippen MR) is 68.1 cm³/mol. The number of aromatic hydroxyl groups is 2. The van der Waals surface area contributed by atoms with E-state index in [9.17, 15) is 10.2 Å². The van der Waals surface area contributed by atoms with Crippen LogP contribution in [0.15, 0.2) is 24.3 Å². The fraction of sp³-hybridized carbons (Fsp3) is 0.308. The molecule has 94 valence electrons. The Morgan fingerprint density at radius 1 is 1.11 bits per heavy atom. The van der Waals surface area contributed by atoms with Crippen LogP contribution in [0.2, 0.25) is 0 Å². The largest absolute Gasteiger partial charge is 0.507 e. The number of fused-ring (bicyclic) bond motifs is 1. The van der Waals surface area contributed by atoms with E-state index in [1.165, 1.54) is 6.07 Å². The summed E-state index contributed by atoms with van der Waals surface area (Å²) >= 11 is 0. The van der Waals surface area contributed by atoms with Gasteiger partial charge >= 0.3 is 0 Å². The number of anilines is 1. The van der Waals surface area contributed by atoms with Crippen LogP contribution in [0.4, 0.5) is 5.69 Å². The van der Waals surface area contributed by atoms with Crippen molar-refractivity contribution in [2.45, 2.75) is 0 Å². The second-order valence-corrected chi connectivity index (χ2v) is 4.30. The zero-order valence-electron chi connectivity index (χ0n) is 9.83. The van der Waals surface area contributed by atoms with Crippen LogP contribution < -0.4 is 4.90 Å². The van der Waals surface area contributed by atoms with Crippen molar-refractivity contribution in [2.24, 2.45) is 0 Å². The van der Waals surface area contributed by atoms with E-state index in [-0.39, 0.29) is 11.6 Å². The quantitative estimate of drug-likeness (QED) is 0.798. The maximum atomic E-state index is 9.72. The molecule has 5 heteroatoms. The first-order chi connectivity index (χ1) is 8.74. The minimum atomic E-state index is -0.167. The maximum absolute atomic E-state index is 9.72. The van der Waals surface area contributed by atoms with E-state index in [1.807, 2.05) is 18.2 Å². The number of hydrogen-bond donors (Lipinski definition) is 2. The third-order valence-corrected chi connectivity index (χ3v) is 3.13. The maximum Gasteiger partial charge on any atom is 0.215 e. The first kappa shape index (κ1) is 11.1. The summed E-state index contributed by atoms with van der Waals surface area (Å²) in [5.41, 5.74) is 1.62. The number of aromatic nitrogens is 1. The Morgan fingerprint density at radius 3 is 2.67 bits per heavy atom. The van der Waals surface area contributed by atoms with Crippen molar-refractivity contribution in [3.63, 3.8) is 0 Å². The third kappa shape index (κ3) is 1.93. The van der Waals surface area contributed by atoms with E-state index in [2.05, 4.69) is 9.88 Å². The summed E-state index contributed by atoms with van der Waals surface area (Å²) < 4.78 is 5.31. The smallest absolute Gasteiger partial charge is 0.215 e. The standard InChI is InChI=1S/C13H14N2O3/c16-12-8-13(17)14-11-7-9(1-2-10(11)12)15-3-5-18-6-4-15/h1-2,7-8H,3-6H2,(H2,14,16,17). The first-order valence-electron chi connectivity index (χ1n) is 5.89. The average molecular weight is 246 g/mol. The van der Waals surface area contributed by atoms with Crippen LogP contribution in [0.3, 0.4) is 0 Å². The van der Waals surface area contributed by atoms with E-state index in [1.54, 1.807) is 0 Å². The lowest BCUT2D eigenvalue weighted by Crippen LogP contribution is -2.36. The molecule has 3 rings (SSSR count). The van der Waals surface area contributed by atoms with Gasteiger partial charge in [0.15, 0.2) is 0 Å². The molecule has 18 heavy (non-hydrogen) atoms. The molecule has 1 aromatic heterocycles. The van der Waals surface area contributed by atoms with Crippen LogP contribution in [0, 0.1) is 0 Å². The molecule has 0 bridgehead atoms. The zero-order valence-corrected chi connectivity index (χ0v) is 9.83. The highest BCUT2D eigenvalue weighted by atomic mass is 16.5. The summed E-state index contributed by atoms with van der Waals surface area (Å²) in [4.78, 5) is 6.23. The second-order valence-electron chi connectivity index (χ2n) is 4.30. The molecule has 2 N–H and O–H groups in total. The topological polar surface area (TPSA) is 65.8 Å². The molecule has 2 aromatic rings. The molecular formula is C13H14N2O3. The van der Waals surface area contributed by atoms with Gasteiger partial charge in [-0.2, -0.15) is 0 Å². The number of benzene rings is 1. The van der Waals surface area contributed by atoms with E-state index < -0.39 is 0 Å². The summed E-state index contributed by atoms with van der Waals surface area (Å²) in [5, 5.41) is 19.8. The van der Waals surface area contributed by atoms with E-state index in [0.29, 0.717) is 10.9 Å². The molecule has 0 radical (unpaired) electrons. The predicted octanol–water partition coefficient (Wildman–Crippen LogP) is 1.48. The lowest BCUT2D eigenvalue weighted by molar-refractivity contribution is 0.122. The molecule has 0 aliphatic carbocycles. The van der Waals surface area contributed by atoms with Crippen molar-refractivity contribution in [1.82, 2.24) is 4.98 Å². The second kappa shape index (κ2) is 4.34. The van der Waals surface area contributed by atoms with E-state index in [4.69, 9.17) is 4.74 Å². The lowest BCUT2D eigenvalue weighted by atomic mass is 10.1. The number of nitrogens with zero attached hydrogens (tertiary/aromatic N) is 2. The number of rotatable bonds is 1. The Balaban J connectivity index is 2.04. The fourth-order valence-electron chi connectivity index (χ4n) is 2.20. The molecule has 1 aliphatic rings. The highest BCUT2D eigenvalue weighted by Crippen LogP contribution is 2.30. The summed E-state index contributed by atoms with van der Waals surface area (Å²) in [7, 11) is 0. The van der Waals surface area contributed by atoms with Gasteiger partial charge in [0.2, 0.25) is 5.88 Å². The van der Waals surface area contributed by atoms with Crippen LogP contribution in [0.5, 0.6) is 11.6 Å². The molecule has 1 aliphatic heterocycles. The highest BCUT2D eigenvalue weighted by molar-refractivity contribution is 5.88. The van der Waals surface area contributed by atoms with Gasteiger partial charge in [0.05, 0.1) is 18.7 Å². The third-order valence-electron chi connectivity index (χ3n) is 3.13. The summed E-state index contributed by atoms with van der Waals surface area (Å²) in [6.07, 6.45) is 0. The van der Waals surface area contributed by atoms with Crippen molar-refractivity contribution < 1.29 is 14.9 Å². The van der Waals surface area contributed by atoms with Crippen LogP contribution in [0.1, 0.15) is 0 Å². The van der Waals surface area contributed by atoms with Gasteiger partial charge in [0, 0.05) is 30.2 Å². The molecule has 1 saturated heterocycles. The lowest BCUT2D eigenvalue weighted by Gasteiger charge is -2.28.